The Morgan fingerprint density at radius 1 is 1.28 bits per heavy atom. The van der Waals surface area contributed by atoms with Crippen LogP contribution in [0.1, 0.15) is 12.8 Å². The number of imide groups is 1. The van der Waals surface area contributed by atoms with E-state index in [0.717, 1.165) is 4.90 Å². The van der Waals surface area contributed by atoms with Crippen molar-refractivity contribution in [3.05, 3.63) is 29.3 Å². The number of hydrogen-bond acceptors (Lipinski definition) is 3. The van der Waals surface area contributed by atoms with E-state index in [0.29, 0.717) is 23.5 Å². The molecule has 0 radical (unpaired) electrons. The van der Waals surface area contributed by atoms with E-state index in [4.69, 9.17) is 11.6 Å². The zero-order valence-electron chi connectivity index (χ0n) is 9.43. The maximum atomic E-state index is 12.1. The minimum Gasteiger partial charge on any atom is -0.347 e. The minimum atomic E-state index is -0.643. The van der Waals surface area contributed by atoms with E-state index in [1.54, 1.807) is 24.3 Å². The minimum absolute atomic E-state index is 0.222. The van der Waals surface area contributed by atoms with Gasteiger partial charge < -0.3 is 5.32 Å². The van der Waals surface area contributed by atoms with Gasteiger partial charge in [-0.15, -0.1) is 0 Å². The summed E-state index contributed by atoms with van der Waals surface area (Å²) < 4.78 is 0. The van der Waals surface area contributed by atoms with Crippen molar-refractivity contribution in [2.24, 2.45) is 0 Å². The lowest BCUT2D eigenvalue weighted by molar-refractivity contribution is -0.132. The van der Waals surface area contributed by atoms with Crippen molar-refractivity contribution >= 4 is 35.5 Å². The molecule has 1 N–H and O–H groups in total. The predicted octanol–water partition coefficient (Wildman–Crippen LogP) is 1.11. The van der Waals surface area contributed by atoms with Crippen LogP contribution in [0, 0.1) is 0 Å². The Morgan fingerprint density at radius 3 is 2.56 bits per heavy atom. The standard InChI is InChI=1S/C12H11ClN2O3/c13-8-1-3-9(4-2-8)15-11(17)6-5-10(12(15)18)14-7-16/h1-4,7,10H,5-6H2,(H,14,16)/t10-/m0/s1. The van der Waals surface area contributed by atoms with Crippen LogP contribution < -0.4 is 10.2 Å². The van der Waals surface area contributed by atoms with Crippen LogP contribution in [0.5, 0.6) is 0 Å². The topological polar surface area (TPSA) is 66.5 Å². The van der Waals surface area contributed by atoms with Crippen LogP contribution in [0.4, 0.5) is 5.69 Å². The van der Waals surface area contributed by atoms with Gasteiger partial charge in [0.15, 0.2) is 0 Å². The molecule has 0 bridgehead atoms. The van der Waals surface area contributed by atoms with Gasteiger partial charge in [0.05, 0.1) is 5.69 Å². The normalized spacial score (nSPS) is 19.8. The molecule has 1 atom stereocenters. The third kappa shape index (κ3) is 2.36. The summed E-state index contributed by atoms with van der Waals surface area (Å²) in [6.07, 6.45) is 1.03. The van der Waals surface area contributed by atoms with E-state index in [2.05, 4.69) is 5.32 Å². The number of anilines is 1. The van der Waals surface area contributed by atoms with Gasteiger partial charge in [0.2, 0.25) is 12.3 Å². The molecule has 18 heavy (non-hydrogen) atoms. The molecular weight excluding hydrogens is 256 g/mol. The number of carbonyl (C=O) groups excluding carboxylic acids is 3. The summed E-state index contributed by atoms with van der Waals surface area (Å²) in [4.78, 5) is 35.3. The van der Waals surface area contributed by atoms with E-state index in [-0.39, 0.29) is 12.3 Å². The molecule has 2 rings (SSSR count). The summed E-state index contributed by atoms with van der Waals surface area (Å²) in [7, 11) is 0. The van der Waals surface area contributed by atoms with Gasteiger partial charge in [-0.1, -0.05) is 11.6 Å². The number of nitrogens with zero attached hydrogens (tertiary/aromatic N) is 1. The molecule has 0 spiro atoms. The summed E-state index contributed by atoms with van der Waals surface area (Å²) >= 11 is 5.75. The van der Waals surface area contributed by atoms with Crippen molar-refractivity contribution in [2.75, 3.05) is 4.90 Å². The lowest BCUT2D eigenvalue weighted by atomic mass is 10.0. The van der Waals surface area contributed by atoms with E-state index in [1.807, 2.05) is 0 Å². The van der Waals surface area contributed by atoms with E-state index in [9.17, 15) is 14.4 Å². The lowest BCUT2D eigenvalue weighted by Gasteiger charge is -2.30. The Bertz CT molecular complexity index is 487. The maximum Gasteiger partial charge on any atom is 0.256 e. The Labute approximate surface area is 109 Å². The summed E-state index contributed by atoms with van der Waals surface area (Å²) in [5, 5.41) is 2.94. The quantitative estimate of drug-likeness (QED) is 0.658. The molecule has 0 saturated carbocycles. The molecule has 94 valence electrons. The maximum absolute atomic E-state index is 12.1. The molecule has 3 amide bonds. The fourth-order valence-electron chi connectivity index (χ4n) is 1.88. The van der Waals surface area contributed by atoms with Gasteiger partial charge in [-0.3, -0.25) is 14.4 Å². The number of nitrogens with one attached hydrogen (secondary N) is 1. The number of amides is 3. The Kier molecular flexibility index (Phi) is 3.62. The zero-order valence-corrected chi connectivity index (χ0v) is 10.2. The van der Waals surface area contributed by atoms with Crippen molar-refractivity contribution in [1.82, 2.24) is 5.32 Å². The fraction of sp³-hybridized carbons (Fsp3) is 0.250. The second-order valence-corrected chi connectivity index (χ2v) is 4.36. The van der Waals surface area contributed by atoms with Crippen LogP contribution in [0.15, 0.2) is 24.3 Å². The summed E-state index contributed by atoms with van der Waals surface area (Å²) in [6, 6.07) is 5.77. The van der Waals surface area contributed by atoms with Gasteiger partial charge in [0.1, 0.15) is 6.04 Å². The molecule has 1 aromatic carbocycles. The molecule has 1 heterocycles. The second kappa shape index (κ2) is 5.18. The van der Waals surface area contributed by atoms with Gasteiger partial charge >= 0.3 is 0 Å². The summed E-state index contributed by atoms with van der Waals surface area (Å²) in [5.74, 6) is -0.688. The first-order valence-corrected chi connectivity index (χ1v) is 5.83. The van der Waals surface area contributed by atoms with Crippen molar-refractivity contribution < 1.29 is 14.4 Å². The number of carbonyl (C=O) groups is 3. The molecule has 1 saturated heterocycles. The number of halogens is 1. The first kappa shape index (κ1) is 12.6. The molecule has 1 aliphatic heterocycles. The number of benzene rings is 1. The van der Waals surface area contributed by atoms with Gasteiger partial charge in [-0.05, 0) is 30.7 Å². The number of rotatable bonds is 3. The van der Waals surface area contributed by atoms with Gasteiger partial charge in [0.25, 0.3) is 5.91 Å². The fourth-order valence-corrected chi connectivity index (χ4v) is 2.01. The Morgan fingerprint density at radius 2 is 1.94 bits per heavy atom. The average Bonchev–Trinajstić information content (AvgIpc) is 2.35. The Balaban J connectivity index is 2.28. The highest BCUT2D eigenvalue weighted by atomic mass is 35.5. The first-order chi connectivity index (χ1) is 8.63. The zero-order chi connectivity index (χ0) is 13.1. The SMILES string of the molecule is O=CN[C@H]1CCC(=O)N(c2ccc(Cl)cc2)C1=O. The molecule has 1 aromatic rings. The highest BCUT2D eigenvalue weighted by Crippen LogP contribution is 2.23. The predicted molar refractivity (Wildman–Crippen MR) is 66.2 cm³/mol. The molecule has 0 unspecified atom stereocenters. The first-order valence-electron chi connectivity index (χ1n) is 5.45. The highest BCUT2D eigenvalue weighted by molar-refractivity contribution is 6.30. The van der Waals surface area contributed by atoms with Crippen LogP contribution in [0.25, 0.3) is 0 Å². The van der Waals surface area contributed by atoms with Gasteiger partial charge in [-0.25, -0.2) is 4.90 Å². The summed E-state index contributed by atoms with van der Waals surface area (Å²) in [5.41, 5.74) is 0.465. The monoisotopic (exact) mass is 266 g/mol. The smallest absolute Gasteiger partial charge is 0.256 e. The van der Waals surface area contributed by atoms with Crippen molar-refractivity contribution in [3.63, 3.8) is 0 Å². The van der Waals surface area contributed by atoms with Crippen LogP contribution in [-0.2, 0) is 14.4 Å². The molecule has 0 aliphatic carbocycles. The molecular formula is C12H11ClN2O3. The van der Waals surface area contributed by atoms with Crippen LogP contribution in [-0.4, -0.2) is 24.3 Å². The van der Waals surface area contributed by atoms with Crippen LogP contribution in [0.3, 0.4) is 0 Å². The van der Waals surface area contributed by atoms with Gasteiger partial charge in [0, 0.05) is 11.4 Å². The average molecular weight is 267 g/mol. The molecule has 6 heteroatoms. The number of piperidine rings is 1. The molecule has 0 aromatic heterocycles. The van der Waals surface area contributed by atoms with Crippen molar-refractivity contribution in [1.29, 1.82) is 0 Å². The van der Waals surface area contributed by atoms with E-state index in [1.165, 1.54) is 0 Å². The second-order valence-electron chi connectivity index (χ2n) is 3.92. The number of hydrogen-bond donors (Lipinski definition) is 1. The lowest BCUT2D eigenvalue weighted by Crippen LogP contribution is -2.53. The largest absolute Gasteiger partial charge is 0.347 e. The van der Waals surface area contributed by atoms with Crippen molar-refractivity contribution in [3.8, 4) is 0 Å². The Hall–Kier alpha value is -1.88. The third-order valence-electron chi connectivity index (χ3n) is 2.77. The third-order valence-corrected chi connectivity index (χ3v) is 3.02. The van der Waals surface area contributed by atoms with Crippen LogP contribution in [0.2, 0.25) is 5.02 Å². The molecule has 1 aliphatic rings. The molecule has 1 fully saturated rings. The molecule has 5 nitrogen and oxygen atoms in total. The van der Waals surface area contributed by atoms with E-state index < -0.39 is 11.9 Å². The van der Waals surface area contributed by atoms with E-state index >= 15 is 0 Å². The summed E-state index contributed by atoms with van der Waals surface area (Å²) in [6.45, 7) is 0. The van der Waals surface area contributed by atoms with Crippen molar-refractivity contribution in [2.45, 2.75) is 18.9 Å². The van der Waals surface area contributed by atoms with Crippen LogP contribution >= 0.6 is 11.6 Å². The van der Waals surface area contributed by atoms with Gasteiger partial charge in [-0.2, -0.15) is 0 Å². The highest BCUT2D eigenvalue weighted by Gasteiger charge is 2.34.